The van der Waals surface area contributed by atoms with Gasteiger partial charge in [0.25, 0.3) is 11.5 Å². The van der Waals surface area contributed by atoms with Crippen LogP contribution in [0.25, 0.3) is 0 Å². The normalized spacial score (nSPS) is 16.7. The van der Waals surface area contributed by atoms with E-state index < -0.39 is 11.5 Å². The Morgan fingerprint density at radius 2 is 2.12 bits per heavy atom. The summed E-state index contributed by atoms with van der Waals surface area (Å²) >= 11 is 0. The summed E-state index contributed by atoms with van der Waals surface area (Å²) in [7, 11) is 0. The van der Waals surface area contributed by atoms with Crippen molar-refractivity contribution in [1.82, 2.24) is 15.2 Å². The molecule has 1 atom stereocenters. The van der Waals surface area contributed by atoms with Crippen molar-refractivity contribution in [3.05, 3.63) is 57.9 Å². The first-order chi connectivity index (χ1) is 11.6. The van der Waals surface area contributed by atoms with Crippen LogP contribution in [-0.2, 0) is 4.74 Å². The van der Waals surface area contributed by atoms with Crippen molar-refractivity contribution in [3.8, 4) is 0 Å². The van der Waals surface area contributed by atoms with Crippen LogP contribution < -0.4 is 10.9 Å². The molecule has 7 heteroatoms. The third kappa shape index (κ3) is 3.74. The number of aromatic nitrogens is 1. The maximum Gasteiger partial charge on any atom is 0.260 e. The molecule has 1 saturated heterocycles. The second kappa shape index (κ2) is 7.46. The van der Waals surface area contributed by atoms with E-state index in [9.17, 15) is 9.59 Å². The van der Waals surface area contributed by atoms with E-state index in [1.807, 2.05) is 19.1 Å². The Labute approximate surface area is 139 Å². The van der Waals surface area contributed by atoms with Gasteiger partial charge in [0.05, 0.1) is 19.3 Å². The van der Waals surface area contributed by atoms with Gasteiger partial charge in [0.1, 0.15) is 17.1 Å². The second-order valence-electron chi connectivity index (χ2n) is 5.74. The fraction of sp³-hybridized carbons (Fsp3) is 0.412. The van der Waals surface area contributed by atoms with Gasteiger partial charge >= 0.3 is 0 Å². The molecule has 0 aliphatic carbocycles. The number of pyridine rings is 1. The summed E-state index contributed by atoms with van der Waals surface area (Å²) in [5.74, 6) is 1.24. The first-order valence-electron chi connectivity index (χ1n) is 7.99. The summed E-state index contributed by atoms with van der Waals surface area (Å²) in [6.45, 7) is 5.10. The molecular formula is C17H21N3O4. The SMILES string of the molecule is Cc1ccc(C(CNC(=O)c2ccc[nH]c2=O)N2CCOCC2)o1. The summed E-state index contributed by atoms with van der Waals surface area (Å²) in [4.78, 5) is 28.7. The van der Waals surface area contributed by atoms with Crippen LogP contribution in [0.2, 0.25) is 0 Å². The number of hydrogen-bond acceptors (Lipinski definition) is 5. The molecule has 3 rings (SSSR count). The molecule has 1 unspecified atom stereocenters. The maximum atomic E-state index is 12.3. The number of carbonyl (C=O) groups is 1. The number of nitrogens with zero attached hydrogens (tertiary/aromatic N) is 1. The number of hydrogen-bond donors (Lipinski definition) is 2. The summed E-state index contributed by atoms with van der Waals surface area (Å²) in [5, 5.41) is 2.84. The lowest BCUT2D eigenvalue weighted by molar-refractivity contribution is 0.0117. The Morgan fingerprint density at radius 3 is 2.79 bits per heavy atom. The molecule has 2 aromatic heterocycles. The highest BCUT2D eigenvalue weighted by Gasteiger charge is 2.26. The standard InChI is InChI=1S/C17H21N3O4/c1-12-4-5-15(24-12)14(20-7-9-23-10-8-20)11-19-17(22)13-3-2-6-18-16(13)21/h2-6,14H,7-11H2,1H3,(H,18,21)(H,19,22). The van der Waals surface area contributed by atoms with Gasteiger partial charge in [-0.25, -0.2) is 0 Å². The average molecular weight is 331 g/mol. The zero-order valence-electron chi connectivity index (χ0n) is 13.6. The Hall–Kier alpha value is -2.38. The molecule has 1 fully saturated rings. The van der Waals surface area contributed by atoms with E-state index in [1.165, 1.54) is 12.3 Å². The van der Waals surface area contributed by atoms with Gasteiger partial charge in [0.15, 0.2) is 0 Å². The lowest BCUT2D eigenvalue weighted by Crippen LogP contribution is -2.44. The van der Waals surface area contributed by atoms with E-state index in [4.69, 9.17) is 9.15 Å². The van der Waals surface area contributed by atoms with E-state index in [1.54, 1.807) is 6.07 Å². The smallest absolute Gasteiger partial charge is 0.260 e. The number of aromatic amines is 1. The van der Waals surface area contributed by atoms with Crippen molar-refractivity contribution in [2.24, 2.45) is 0 Å². The van der Waals surface area contributed by atoms with Crippen LogP contribution in [0.3, 0.4) is 0 Å². The quantitative estimate of drug-likeness (QED) is 0.856. The maximum absolute atomic E-state index is 12.3. The summed E-state index contributed by atoms with van der Waals surface area (Å²) in [6, 6.07) is 6.89. The number of rotatable bonds is 5. The minimum absolute atomic E-state index is 0.0886. The van der Waals surface area contributed by atoms with Crippen molar-refractivity contribution in [2.45, 2.75) is 13.0 Å². The highest BCUT2D eigenvalue weighted by atomic mass is 16.5. The molecule has 0 saturated carbocycles. The van der Waals surface area contributed by atoms with Gasteiger partial charge in [-0.15, -0.1) is 0 Å². The Kier molecular flexibility index (Phi) is 5.12. The number of nitrogens with one attached hydrogen (secondary N) is 2. The Bertz CT molecular complexity index is 746. The number of aryl methyl sites for hydroxylation is 1. The fourth-order valence-electron chi connectivity index (χ4n) is 2.82. The predicted octanol–water partition coefficient (Wildman–Crippen LogP) is 1.08. The molecule has 1 amide bonds. The van der Waals surface area contributed by atoms with Gasteiger partial charge in [-0.1, -0.05) is 0 Å². The van der Waals surface area contributed by atoms with Crippen LogP contribution in [-0.4, -0.2) is 48.6 Å². The van der Waals surface area contributed by atoms with Crippen LogP contribution in [0.15, 0.2) is 39.7 Å². The van der Waals surface area contributed by atoms with Crippen molar-refractivity contribution < 1.29 is 13.9 Å². The lowest BCUT2D eigenvalue weighted by atomic mass is 10.1. The predicted molar refractivity (Wildman–Crippen MR) is 88.0 cm³/mol. The van der Waals surface area contributed by atoms with E-state index in [-0.39, 0.29) is 11.6 Å². The summed E-state index contributed by atoms with van der Waals surface area (Å²) < 4.78 is 11.2. The molecule has 0 spiro atoms. The molecule has 2 aromatic rings. The molecule has 0 radical (unpaired) electrons. The first-order valence-corrected chi connectivity index (χ1v) is 7.99. The molecule has 7 nitrogen and oxygen atoms in total. The average Bonchev–Trinajstić information content (AvgIpc) is 3.02. The molecule has 1 aliphatic heterocycles. The Balaban J connectivity index is 1.73. The molecule has 0 bridgehead atoms. The molecular weight excluding hydrogens is 310 g/mol. The number of amides is 1. The van der Waals surface area contributed by atoms with Crippen LogP contribution in [0.5, 0.6) is 0 Å². The molecule has 0 aromatic carbocycles. The van der Waals surface area contributed by atoms with E-state index in [2.05, 4.69) is 15.2 Å². The van der Waals surface area contributed by atoms with Crippen molar-refractivity contribution in [3.63, 3.8) is 0 Å². The number of furan rings is 1. The van der Waals surface area contributed by atoms with Crippen LogP contribution in [0.1, 0.15) is 27.9 Å². The van der Waals surface area contributed by atoms with Crippen LogP contribution >= 0.6 is 0 Å². The van der Waals surface area contributed by atoms with Gasteiger partial charge < -0.3 is 19.5 Å². The highest BCUT2D eigenvalue weighted by Crippen LogP contribution is 2.23. The van der Waals surface area contributed by atoms with Crippen molar-refractivity contribution >= 4 is 5.91 Å². The van der Waals surface area contributed by atoms with Crippen LogP contribution in [0.4, 0.5) is 0 Å². The third-order valence-electron chi connectivity index (χ3n) is 4.09. The van der Waals surface area contributed by atoms with Crippen molar-refractivity contribution in [1.29, 1.82) is 0 Å². The van der Waals surface area contributed by atoms with E-state index >= 15 is 0 Å². The number of ether oxygens (including phenoxy) is 1. The molecule has 24 heavy (non-hydrogen) atoms. The number of morpholine rings is 1. The number of carbonyl (C=O) groups excluding carboxylic acids is 1. The zero-order chi connectivity index (χ0) is 16.9. The van der Waals surface area contributed by atoms with E-state index in [0.717, 1.165) is 24.6 Å². The van der Waals surface area contributed by atoms with Gasteiger partial charge in [-0.05, 0) is 31.2 Å². The minimum atomic E-state index is -0.397. The first kappa shape index (κ1) is 16.5. The molecule has 1 aliphatic rings. The second-order valence-corrected chi connectivity index (χ2v) is 5.74. The van der Waals surface area contributed by atoms with Crippen molar-refractivity contribution in [2.75, 3.05) is 32.8 Å². The van der Waals surface area contributed by atoms with Gasteiger partial charge in [0.2, 0.25) is 0 Å². The molecule has 2 N–H and O–H groups in total. The number of H-pyrrole nitrogens is 1. The molecule has 3 heterocycles. The minimum Gasteiger partial charge on any atom is -0.465 e. The topological polar surface area (TPSA) is 87.6 Å². The highest BCUT2D eigenvalue weighted by molar-refractivity contribution is 5.93. The van der Waals surface area contributed by atoms with Gasteiger partial charge in [-0.3, -0.25) is 14.5 Å². The zero-order valence-corrected chi connectivity index (χ0v) is 13.6. The summed E-state index contributed by atoms with van der Waals surface area (Å²) in [6.07, 6.45) is 1.50. The van der Waals surface area contributed by atoms with Gasteiger partial charge in [-0.2, -0.15) is 0 Å². The lowest BCUT2D eigenvalue weighted by Gasteiger charge is -2.33. The van der Waals surface area contributed by atoms with Gasteiger partial charge in [0, 0.05) is 25.8 Å². The monoisotopic (exact) mass is 331 g/mol. The third-order valence-corrected chi connectivity index (χ3v) is 4.09. The Morgan fingerprint density at radius 1 is 1.33 bits per heavy atom. The van der Waals surface area contributed by atoms with Crippen LogP contribution in [0, 0.1) is 6.92 Å². The fourth-order valence-corrected chi connectivity index (χ4v) is 2.82. The summed E-state index contributed by atoms with van der Waals surface area (Å²) in [5.41, 5.74) is -0.291. The molecule has 128 valence electrons. The largest absolute Gasteiger partial charge is 0.465 e. The van der Waals surface area contributed by atoms with E-state index in [0.29, 0.717) is 19.8 Å².